The Morgan fingerprint density at radius 1 is 1.36 bits per heavy atom. The van der Waals surface area contributed by atoms with Crippen molar-refractivity contribution in [2.45, 2.75) is 40.5 Å². The van der Waals surface area contributed by atoms with Crippen LogP contribution in [0.3, 0.4) is 0 Å². The summed E-state index contributed by atoms with van der Waals surface area (Å²) >= 11 is 7.51. The highest BCUT2D eigenvalue weighted by molar-refractivity contribution is 14.1. The maximum atomic E-state index is 12.6. The highest BCUT2D eigenvalue weighted by Gasteiger charge is 2.62. The third kappa shape index (κ3) is 4.32. The summed E-state index contributed by atoms with van der Waals surface area (Å²) in [5, 5.41) is -1.19. The van der Waals surface area contributed by atoms with Crippen LogP contribution in [0.4, 0.5) is 13.2 Å². The van der Waals surface area contributed by atoms with Crippen LogP contribution in [0, 0.1) is 34.7 Å². The Morgan fingerprint density at radius 2 is 1.96 bits per heavy atom. The number of aryl methyl sites for hydroxylation is 1. The van der Waals surface area contributed by atoms with E-state index in [0.29, 0.717) is 0 Å². The first-order chi connectivity index (χ1) is 11.4. The maximum absolute atomic E-state index is 12.6. The van der Waals surface area contributed by atoms with Crippen LogP contribution in [0.1, 0.15) is 30.5 Å². The van der Waals surface area contributed by atoms with Gasteiger partial charge in [0, 0.05) is 3.57 Å². The van der Waals surface area contributed by atoms with Crippen molar-refractivity contribution in [2.75, 3.05) is 0 Å². The van der Waals surface area contributed by atoms with Gasteiger partial charge in [0.05, 0.1) is 5.92 Å². The summed E-state index contributed by atoms with van der Waals surface area (Å²) in [6.45, 7) is 7.48. The van der Waals surface area contributed by atoms with E-state index in [4.69, 9.17) is 16.3 Å². The topological polar surface area (TPSA) is 26.3 Å². The number of allylic oxidation sites excluding steroid dienone is 2. The molecule has 2 atom stereocenters. The van der Waals surface area contributed by atoms with Gasteiger partial charge in [0.2, 0.25) is 0 Å². The Kier molecular flexibility index (Phi) is 5.84. The second-order valence-corrected chi connectivity index (χ2v) is 8.48. The highest BCUT2D eigenvalue weighted by Crippen LogP contribution is 2.60. The largest absolute Gasteiger partial charge is 0.461 e. The van der Waals surface area contributed by atoms with Gasteiger partial charge in [0.15, 0.2) is 0 Å². The highest BCUT2D eigenvalue weighted by atomic mass is 127. The summed E-state index contributed by atoms with van der Waals surface area (Å²) in [6, 6.07) is 3.94. The Bertz CT molecular complexity index is 726. The number of esters is 1. The van der Waals surface area contributed by atoms with Gasteiger partial charge < -0.3 is 4.74 Å². The molecule has 25 heavy (non-hydrogen) atoms. The predicted octanol–water partition coefficient (Wildman–Crippen LogP) is 5.91. The van der Waals surface area contributed by atoms with Crippen LogP contribution in [0.25, 0.3) is 0 Å². The molecule has 138 valence electrons. The van der Waals surface area contributed by atoms with E-state index in [-0.39, 0.29) is 6.61 Å². The smallest absolute Gasteiger partial charge is 0.426 e. The number of hydrogen-bond donors (Lipinski definition) is 0. The number of rotatable bonds is 4. The molecule has 7 heteroatoms. The fraction of sp³-hybridized carbons (Fsp3) is 0.500. The molecule has 0 bridgehead atoms. The van der Waals surface area contributed by atoms with E-state index >= 15 is 0 Å². The van der Waals surface area contributed by atoms with Gasteiger partial charge in [-0.2, -0.15) is 13.2 Å². The third-order valence-corrected chi connectivity index (χ3v) is 6.40. The summed E-state index contributed by atoms with van der Waals surface area (Å²) in [5.41, 5.74) is 2.38. The van der Waals surface area contributed by atoms with E-state index < -0.39 is 34.4 Å². The lowest BCUT2D eigenvalue weighted by molar-refractivity contribution is -0.147. The van der Waals surface area contributed by atoms with Crippen molar-refractivity contribution < 1.29 is 22.7 Å². The minimum atomic E-state index is -4.59. The molecular formula is C18H19ClF3IO2. The number of carbonyl (C=O) groups is 1. The molecule has 0 unspecified atom stereocenters. The van der Waals surface area contributed by atoms with Crippen LogP contribution < -0.4 is 0 Å². The molecule has 0 radical (unpaired) electrons. The molecule has 2 rings (SSSR count). The number of benzene rings is 1. The van der Waals surface area contributed by atoms with Crippen LogP contribution in [0.2, 0.25) is 0 Å². The molecule has 1 aromatic carbocycles. The molecule has 0 N–H and O–H groups in total. The first kappa shape index (κ1) is 20.6. The van der Waals surface area contributed by atoms with Gasteiger partial charge in [-0.1, -0.05) is 37.6 Å². The molecule has 1 aliphatic carbocycles. The van der Waals surface area contributed by atoms with Crippen molar-refractivity contribution >= 4 is 40.2 Å². The van der Waals surface area contributed by atoms with Crippen LogP contribution in [0.15, 0.2) is 23.2 Å². The number of carbonyl (C=O) groups excluding carboxylic acids is 1. The molecule has 1 aliphatic rings. The van der Waals surface area contributed by atoms with Gasteiger partial charge in [-0.3, -0.25) is 4.79 Å². The molecule has 0 spiro atoms. The van der Waals surface area contributed by atoms with E-state index in [1.54, 1.807) is 13.8 Å². The normalized spacial score (nSPS) is 22.7. The zero-order valence-electron chi connectivity index (χ0n) is 14.3. The maximum Gasteiger partial charge on any atom is 0.426 e. The van der Waals surface area contributed by atoms with Gasteiger partial charge in [-0.15, -0.1) is 0 Å². The minimum Gasteiger partial charge on any atom is -0.461 e. The van der Waals surface area contributed by atoms with Crippen LogP contribution in [-0.4, -0.2) is 12.1 Å². The van der Waals surface area contributed by atoms with Gasteiger partial charge in [-0.05, 0) is 70.5 Å². The summed E-state index contributed by atoms with van der Waals surface area (Å²) in [5.74, 6) is -1.69. The Balaban J connectivity index is 2.09. The molecule has 0 amide bonds. The molecule has 1 aromatic rings. The first-order valence-electron chi connectivity index (χ1n) is 7.73. The van der Waals surface area contributed by atoms with Crippen LogP contribution >= 0.6 is 34.2 Å². The van der Waals surface area contributed by atoms with Crippen LogP contribution in [-0.2, 0) is 16.1 Å². The van der Waals surface area contributed by atoms with E-state index in [0.717, 1.165) is 26.3 Å². The molecule has 0 heterocycles. The predicted molar refractivity (Wildman–Crippen MR) is 99.2 cm³/mol. The van der Waals surface area contributed by atoms with Crippen molar-refractivity contribution in [3.05, 3.63) is 43.5 Å². The van der Waals surface area contributed by atoms with Crippen LogP contribution in [0.5, 0.6) is 0 Å². The summed E-state index contributed by atoms with van der Waals surface area (Å²) in [7, 11) is 0. The second-order valence-electron chi connectivity index (χ2n) is 6.91. The van der Waals surface area contributed by atoms with E-state index in [2.05, 4.69) is 22.6 Å². The lowest BCUT2D eigenvalue weighted by Gasteiger charge is -2.12. The quantitative estimate of drug-likeness (QED) is 0.391. The average Bonchev–Trinajstić information content (AvgIpc) is 3.02. The average molecular weight is 487 g/mol. The molecule has 0 saturated heterocycles. The fourth-order valence-electron chi connectivity index (χ4n) is 3.01. The third-order valence-electron chi connectivity index (χ3n) is 4.89. The van der Waals surface area contributed by atoms with Crippen molar-refractivity contribution in [3.8, 4) is 0 Å². The van der Waals surface area contributed by atoms with Crippen molar-refractivity contribution in [2.24, 2.45) is 17.3 Å². The Labute approximate surface area is 163 Å². The molecular weight excluding hydrogens is 468 g/mol. The van der Waals surface area contributed by atoms with Gasteiger partial charge in [0.25, 0.3) is 0 Å². The number of ether oxygens (including phenoxy) is 1. The Morgan fingerprint density at radius 3 is 2.52 bits per heavy atom. The lowest BCUT2D eigenvalue weighted by Crippen LogP contribution is -2.12. The van der Waals surface area contributed by atoms with Gasteiger partial charge >= 0.3 is 12.1 Å². The second kappa shape index (κ2) is 7.10. The van der Waals surface area contributed by atoms with E-state index in [9.17, 15) is 18.0 Å². The number of alkyl halides is 3. The first-order valence-corrected chi connectivity index (χ1v) is 9.18. The molecule has 0 aliphatic heterocycles. The number of halogens is 5. The summed E-state index contributed by atoms with van der Waals surface area (Å²) in [6.07, 6.45) is -3.67. The summed E-state index contributed by atoms with van der Waals surface area (Å²) < 4.78 is 44.3. The Hall–Kier alpha value is -0.760. The lowest BCUT2D eigenvalue weighted by atomic mass is 10.0. The molecule has 2 nitrogen and oxygen atoms in total. The number of hydrogen-bond acceptors (Lipinski definition) is 2. The van der Waals surface area contributed by atoms with E-state index in [1.807, 2.05) is 26.0 Å². The van der Waals surface area contributed by atoms with E-state index in [1.165, 1.54) is 0 Å². The fourth-order valence-corrected chi connectivity index (χ4v) is 3.65. The molecule has 0 aromatic heterocycles. The zero-order valence-corrected chi connectivity index (χ0v) is 17.2. The standard InChI is InChI=1S/C18H19ClF3IO2/c1-9-5-6-13(23)10(2)11(9)8-25-16(24)15-12(17(15,3)4)7-14(19)18(20,21)22/h5-7,12,15H,8H2,1-4H3/t12-,15-/m1/s1. The SMILES string of the molecule is Cc1ccc(I)c(C)c1COC(=O)[C@H]1[C@@H](C=C(Cl)C(F)(F)F)C1(C)C. The van der Waals surface area contributed by atoms with Gasteiger partial charge in [0.1, 0.15) is 11.6 Å². The zero-order chi connectivity index (χ0) is 19.2. The molecule has 1 saturated carbocycles. The summed E-state index contributed by atoms with van der Waals surface area (Å²) in [4.78, 5) is 12.4. The molecule has 1 fully saturated rings. The van der Waals surface area contributed by atoms with Gasteiger partial charge in [-0.25, -0.2) is 0 Å². The van der Waals surface area contributed by atoms with Crippen molar-refractivity contribution in [3.63, 3.8) is 0 Å². The minimum absolute atomic E-state index is 0.114. The monoisotopic (exact) mass is 486 g/mol. The van der Waals surface area contributed by atoms with Crippen molar-refractivity contribution in [1.29, 1.82) is 0 Å². The van der Waals surface area contributed by atoms with Crippen molar-refractivity contribution in [1.82, 2.24) is 0 Å².